The molecule has 3 atom stereocenters. The van der Waals surface area contributed by atoms with Crippen LogP contribution in [0.3, 0.4) is 0 Å². The first-order valence-corrected chi connectivity index (χ1v) is 13.7. The van der Waals surface area contributed by atoms with Crippen LogP contribution in [0.4, 0.5) is 5.69 Å². The standard InChI is InChI=1S/C21H23N6O7PS/c1-31-35(30,36)33-12-16-6-7-17(34-16)26-13-23-18-19(24-21-22-9-10-25(21)20(18)26)32-11-8-14-2-4-15(5-3-14)27(28)29/h2-5,9-10,13,16-17H,6-8,11-12H2,1H3,(H,30,36). The van der Waals surface area contributed by atoms with E-state index < -0.39 is 11.6 Å². The number of non-ortho nitro benzene ring substituents is 1. The van der Waals surface area contributed by atoms with Crippen LogP contribution in [0.15, 0.2) is 43.0 Å². The minimum absolute atomic E-state index is 0.0430. The number of nitro groups is 1. The number of aromatic nitrogens is 5. The fourth-order valence-electron chi connectivity index (χ4n) is 4.04. The minimum atomic E-state index is -3.25. The summed E-state index contributed by atoms with van der Waals surface area (Å²) in [6, 6.07) is 6.35. The zero-order chi connectivity index (χ0) is 25.3. The molecule has 1 aromatic carbocycles. The maximum atomic E-state index is 10.8. The highest BCUT2D eigenvalue weighted by atomic mass is 32.5. The molecule has 0 spiro atoms. The van der Waals surface area contributed by atoms with Gasteiger partial charge < -0.3 is 23.4 Å². The Morgan fingerprint density at radius 3 is 2.86 bits per heavy atom. The summed E-state index contributed by atoms with van der Waals surface area (Å²) >= 11 is 4.88. The van der Waals surface area contributed by atoms with Crippen LogP contribution in [0, 0.1) is 10.1 Å². The van der Waals surface area contributed by atoms with Gasteiger partial charge in [0.15, 0.2) is 11.2 Å². The van der Waals surface area contributed by atoms with E-state index in [1.165, 1.54) is 19.2 Å². The van der Waals surface area contributed by atoms with E-state index >= 15 is 0 Å². The van der Waals surface area contributed by atoms with E-state index in [-0.39, 0.29) is 24.6 Å². The van der Waals surface area contributed by atoms with Gasteiger partial charge in [0.1, 0.15) is 6.23 Å². The molecule has 1 fully saturated rings. The molecule has 15 heteroatoms. The lowest BCUT2D eigenvalue weighted by Crippen LogP contribution is -2.16. The van der Waals surface area contributed by atoms with Crippen molar-refractivity contribution in [3.05, 3.63) is 58.7 Å². The predicted octanol–water partition coefficient (Wildman–Crippen LogP) is 3.17. The number of ether oxygens (including phenoxy) is 2. The normalized spacial score (nSPS) is 19.6. The Morgan fingerprint density at radius 1 is 1.31 bits per heavy atom. The molecule has 3 aromatic heterocycles. The molecule has 1 saturated heterocycles. The van der Waals surface area contributed by atoms with Crippen LogP contribution in [-0.2, 0) is 32.0 Å². The van der Waals surface area contributed by atoms with Crippen molar-refractivity contribution in [2.45, 2.75) is 31.6 Å². The molecule has 36 heavy (non-hydrogen) atoms. The van der Waals surface area contributed by atoms with E-state index in [1.807, 2.05) is 8.97 Å². The summed E-state index contributed by atoms with van der Waals surface area (Å²) in [4.78, 5) is 33.6. The second-order valence-electron chi connectivity index (χ2n) is 8.10. The molecule has 4 aromatic rings. The number of rotatable bonds is 10. The molecule has 5 rings (SSSR count). The summed E-state index contributed by atoms with van der Waals surface area (Å²) in [7, 11) is 1.31. The Kier molecular flexibility index (Phi) is 6.97. The fourth-order valence-corrected chi connectivity index (χ4v) is 4.68. The SMILES string of the molecule is COP(O)(=S)OCC1CCC(n2cnc3c(OCCc4ccc([N+](=O)[O-])cc4)nc4nccn4c32)O1. The van der Waals surface area contributed by atoms with Crippen LogP contribution in [0.1, 0.15) is 24.6 Å². The smallest absolute Gasteiger partial charge is 0.324 e. The molecule has 0 radical (unpaired) electrons. The summed E-state index contributed by atoms with van der Waals surface area (Å²) in [5.41, 5.74) is 2.22. The number of imidazole rings is 2. The van der Waals surface area contributed by atoms with Crippen molar-refractivity contribution in [1.82, 2.24) is 23.9 Å². The van der Waals surface area contributed by atoms with Crippen LogP contribution in [0.5, 0.6) is 5.88 Å². The van der Waals surface area contributed by atoms with Gasteiger partial charge >= 0.3 is 6.72 Å². The van der Waals surface area contributed by atoms with Crippen molar-refractivity contribution in [3.63, 3.8) is 0 Å². The van der Waals surface area contributed by atoms with E-state index in [2.05, 4.69) is 15.0 Å². The van der Waals surface area contributed by atoms with Gasteiger partial charge in [-0.25, -0.2) is 9.97 Å². The zero-order valence-electron chi connectivity index (χ0n) is 19.2. The lowest BCUT2D eigenvalue weighted by atomic mass is 10.1. The van der Waals surface area contributed by atoms with Gasteiger partial charge in [-0.05, 0) is 30.2 Å². The zero-order valence-corrected chi connectivity index (χ0v) is 20.9. The van der Waals surface area contributed by atoms with Gasteiger partial charge in [0.2, 0.25) is 11.7 Å². The van der Waals surface area contributed by atoms with Crippen LogP contribution in [-0.4, -0.2) is 60.2 Å². The van der Waals surface area contributed by atoms with Gasteiger partial charge in [-0.2, -0.15) is 4.98 Å². The predicted molar refractivity (Wildman–Crippen MR) is 131 cm³/mol. The Balaban J connectivity index is 1.33. The van der Waals surface area contributed by atoms with Gasteiger partial charge in [0.05, 0.1) is 30.6 Å². The molecule has 0 bridgehead atoms. The van der Waals surface area contributed by atoms with E-state index in [0.29, 0.717) is 43.0 Å². The van der Waals surface area contributed by atoms with Crippen molar-refractivity contribution in [2.75, 3.05) is 20.3 Å². The lowest BCUT2D eigenvalue weighted by molar-refractivity contribution is -0.384. The average molecular weight is 534 g/mol. The highest BCUT2D eigenvalue weighted by molar-refractivity contribution is 8.07. The van der Waals surface area contributed by atoms with Crippen molar-refractivity contribution in [2.24, 2.45) is 0 Å². The second kappa shape index (κ2) is 10.2. The minimum Gasteiger partial charge on any atom is -0.476 e. The van der Waals surface area contributed by atoms with E-state index in [9.17, 15) is 15.0 Å². The fraction of sp³-hybridized carbons (Fsp3) is 0.381. The topological polar surface area (TPSA) is 148 Å². The number of hydrogen-bond acceptors (Lipinski definition) is 10. The molecule has 0 saturated carbocycles. The van der Waals surface area contributed by atoms with Crippen molar-refractivity contribution < 1.29 is 28.3 Å². The first-order valence-electron chi connectivity index (χ1n) is 11.1. The van der Waals surface area contributed by atoms with Crippen molar-refractivity contribution in [1.29, 1.82) is 0 Å². The maximum absolute atomic E-state index is 10.8. The quantitative estimate of drug-likeness (QED) is 0.182. The molecule has 3 unspecified atom stereocenters. The largest absolute Gasteiger partial charge is 0.476 e. The third kappa shape index (κ3) is 5.09. The highest BCUT2D eigenvalue weighted by Crippen LogP contribution is 2.43. The number of hydrogen-bond donors (Lipinski definition) is 1. The average Bonchev–Trinajstić information content (AvgIpc) is 3.62. The van der Waals surface area contributed by atoms with Crippen molar-refractivity contribution in [3.8, 4) is 5.88 Å². The van der Waals surface area contributed by atoms with Gasteiger partial charge in [-0.1, -0.05) is 12.1 Å². The van der Waals surface area contributed by atoms with Crippen LogP contribution < -0.4 is 4.74 Å². The summed E-state index contributed by atoms with van der Waals surface area (Å²) < 4.78 is 26.0. The summed E-state index contributed by atoms with van der Waals surface area (Å²) in [5.74, 6) is 0.789. The van der Waals surface area contributed by atoms with E-state index in [0.717, 1.165) is 11.2 Å². The molecular formula is C21H23N6O7PS. The summed E-state index contributed by atoms with van der Waals surface area (Å²) in [6.45, 7) is -2.82. The van der Waals surface area contributed by atoms with Gasteiger partial charge in [-0.3, -0.25) is 19.1 Å². The highest BCUT2D eigenvalue weighted by Gasteiger charge is 2.30. The van der Waals surface area contributed by atoms with Gasteiger partial charge in [0, 0.05) is 38.1 Å². The third-order valence-corrected chi connectivity index (χ3v) is 7.55. The first kappa shape index (κ1) is 24.7. The monoisotopic (exact) mass is 534 g/mol. The maximum Gasteiger partial charge on any atom is 0.324 e. The Bertz CT molecular complexity index is 1440. The summed E-state index contributed by atoms with van der Waals surface area (Å²) in [5, 5.41) is 10.8. The summed E-state index contributed by atoms with van der Waals surface area (Å²) in [6.07, 6.45) is 6.49. The number of benzene rings is 1. The van der Waals surface area contributed by atoms with Crippen LogP contribution >= 0.6 is 6.72 Å². The molecular weight excluding hydrogens is 511 g/mol. The molecule has 1 N–H and O–H groups in total. The van der Waals surface area contributed by atoms with Gasteiger partial charge in [0.25, 0.3) is 5.69 Å². The second-order valence-corrected chi connectivity index (χ2v) is 11.0. The van der Waals surface area contributed by atoms with E-state index in [1.54, 1.807) is 30.9 Å². The molecule has 0 aliphatic carbocycles. The number of nitro benzene ring substituents is 1. The van der Waals surface area contributed by atoms with Crippen LogP contribution in [0.2, 0.25) is 0 Å². The lowest BCUT2D eigenvalue weighted by Gasteiger charge is -2.18. The molecule has 1 aliphatic rings. The number of fused-ring (bicyclic) bond motifs is 3. The van der Waals surface area contributed by atoms with E-state index in [4.69, 9.17) is 30.3 Å². The van der Waals surface area contributed by atoms with Gasteiger partial charge in [-0.15, -0.1) is 0 Å². The number of nitrogens with zero attached hydrogens (tertiary/aromatic N) is 6. The van der Waals surface area contributed by atoms with Crippen LogP contribution in [0.25, 0.3) is 16.9 Å². The first-order chi connectivity index (χ1) is 17.3. The van der Waals surface area contributed by atoms with Crippen molar-refractivity contribution >= 4 is 41.2 Å². The molecule has 190 valence electrons. The third-order valence-electron chi connectivity index (χ3n) is 5.85. The molecule has 0 amide bonds. The Hall–Kier alpha value is -3.00. The molecule has 13 nitrogen and oxygen atoms in total. The Morgan fingerprint density at radius 2 is 2.11 bits per heavy atom. The molecule has 1 aliphatic heterocycles. The Labute approximate surface area is 210 Å². The molecule has 4 heterocycles.